The standard InChI is InChI=1S/C27H31N9O/c1-19-6-8-22(9-7-19)33-13-10-32(11-14-33)12-15-34-24-23(17-29-34)25-31-35(27(37)36(25)26(28)30-24)18-21-5-3-4-20(2)16-21/h3-9,16-17H,10-15,18H2,1-2H3,(H2,28,30). The highest BCUT2D eigenvalue weighted by Crippen LogP contribution is 2.20. The van der Waals surface area contributed by atoms with E-state index < -0.39 is 0 Å². The van der Waals surface area contributed by atoms with Crippen molar-refractivity contribution in [3.8, 4) is 0 Å². The summed E-state index contributed by atoms with van der Waals surface area (Å²) in [4.78, 5) is 22.5. The van der Waals surface area contributed by atoms with Crippen molar-refractivity contribution in [3.05, 3.63) is 81.9 Å². The number of hydrogen-bond acceptors (Lipinski definition) is 7. The zero-order valence-corrected chi connectivity index (χ0v) is 21.2. The van der Waals surface area contributed by atoms with E-state index in [2.05, 4.69) is 56.2 Å². The fourth-order valence-electron chi connectivity index (χ4n) is 5.07. The summed E-state index contributed by atoms with van der Waals surface area (Å²) in [6.45, 7) is 10.0. The van der Waals surface area contributed by atoms with Gasteiger partial charge in [0.25, 0.3) is 0 Å². The van der Waals surface area contributed by atoms with E-state index in [0.717, 1.165) is 49.2 Å². The molecule has 3 aromatic heterocycles. The Morgan fingerprint density at radius 3 is 2.43 bits per heavy atom. The van der Waals surface area contributed by atoms with Gasteiger partial charge in [0.2, 0.25) is 5.95 Å². The Bertz CT molecular complexity index is 1620. The molecule has 1 saturated heterocycles. The van der Waals surface area contributed by atoms with Crippen LogP contribution in [-0.2, 0) is 13.1 Å². The molecule has 1 aliphatic rings. The minimum atomic E-state index is -0.303. The van der Waals surface area contributed by atoms with Crippen molar-refractivity contribution in [3.63, 3.8) is 0 Å². The molecule has 10 nitrogen and oxygen atoms in total. The Kier molecular flexibility index (Phi) is 5.88. The molecule has 0 spiro atoms. The molecule has 10 heteroatoms. The van der Waals surface area contributed by atoms with Crippen molar-refractivity contribution in [2.45, 2.75) is 26.9 Å². The summed E-state index contributed by atoms with van der Waals surface area (Å²) < 4.78 is 4.67. The zero-order valence-electron chi connectivity index (χ0n) is 21.2. The first-order valence-electron chi connectivity index (χ1n) is 12.7. The molecule has 5 aromatic rings. The molecule has 2 N–H and O–H groups in total. The fourth-order valence-corrected chi connectivity index (χ4v) is 5.07. The highest BCUT2D eigenvalue weighted by molar-refractivity contribution is 5.89. The normalized spacial score (nSPS) is 14.7. The molecule has 0 unspecified atom stereocenters. The lowest BCUT2D eigenvalue weighted by molar-refractivity contribution is 0.245. The molecular weight excluding hydrogens is 466 g/mol. The summed E-state index contributed by atoms with van der Waals surface area (Å²) in [5.74, 6) is 0.122. The lowest BCUT2D eigenvalue weighted by Crippen LogP contribution is -2.47. The van der Waals surface area contributed by atoms with Crippen molar-refractivity contribution in [1.29, 1.82) is 0 Å². The van der Waals surface area contributed by atoms with Crippen LogP contribution in [0.1, 0.15) is 16.7 Å². The molecule has 0 saturated carbocycles. The Hall–Kier alpha value is -4.18. The van der Waals surface area contributed by atoms with Gasteiger partial charge in [0.1, 0.15) is 0 Å². The largest absolute Gasteiger partial charge is 0.369 e. The fraction of sp³-hybridized carbons (Fsp3) is 0.333. The topological polar surface area (TPSA) is 103 Å². The third-order valence-corrected chi connectivity index (χ3v) is 7.16. The van der Waals surface area contributed by atoms with Gasteiger partial charge < -0.3 is 10.6 Å². The molecule has 6 rings (SSSR count). The van der Waals surface area contributed by atoms with Crippen LogP contribution in [0.4, 0.5) is 11.6 Å². The number of benzene rings is 2. The highest BCUT2D eigenvalue weighted by atomic mass is 16.2. The Labute approximate surface area is 214 Å². The van der Waals surface area contributed by atoms with Crippen molar-refractivity contribution in [1.82, 2.24) is 33.8 Å². The van der Waals surface area contributed by atoms with E-state index >= 15 is 0 Å². The van der Waals surface area contributed by atoms with Gasteiger partial charge in [-0.25, -0.2) is 18.6 Å². The summed E-state index contributed by atoms with van der Waals surface area (Å²) >= 11 is 0. The molecule has 190 valence electrons. The van der Waals surface area contributed by atoms with Crippen LogP contribution in [0.25, 0.3) is 16.7 Å². The Balaban J connectivity index is 1.18. The third kappa shape index (κ3) is 4.44. The number of fused-ring (bicyclic) bond motifs is 3. The van der Waals surface area contributed by atoms with Crippen LogP contribution < -0.4 is 16.3 Å². The second-order valence-electron chi connectivity index (χ2n) is 9.83. The molecule has 37 heavy (non-hydrogen) atoms. The molecule has 0 amide bonds. The average molecular weight is 498 g/mol. The summed E-state index contributed by atoms with van der Waals surface area (Å²) in [6, 6.07) is 16.8. The van der Waals surface area contributed by atoms with E-state index in [1.54, 1.807) is 6.20 Å². The maximum absolute atomic E-state index is 13.1. The van der Waals surface area contributed by atoms with Gasteiger partial charge in [-0.05, 0) is 31.5 Å². The van der Waals surface area contributed by atoms with E-state index in [4.69, 9.17) is 5.73 Å². The maximum Gasteiger partial charge on any atom is 0.353 e. The van der Waals surface area contributed by atoms with Crippen molar-refractivity contribution in [2.24, 2.45) is 0 Å². The molecule has 1 aliphatic heterocycles. The second kappa shape index (κ2) is 9.36. The van der Waals surface area contributed by atoms with Crippen molar-refractivity contribution in [2.75, 3.05) is 43.4 Å². The molecule has 0 atom stereocenters. The monoisotopic (exact) mass is 497 g/mol. The maximum atomic E-state index is 13.1. The van der Waals surface area contributed by atoms with Gasteiger partial charge in [-0.1, -0.05) is 47.5 Å². The zero-order chi connectivity index (χ0) is 25.5. The first kappa shape index (κ1) is 23.2. The van der Waals surface area contributed by atoms with E-state index in [9.17, 15) is 4.79 Å². The number of rotatable bonds is 6. The van der Waals surface area contributed by atoms with Gasteiger partial charge in [0.05, 0.1) is 24.7 Å². The van der Waals surface area contributed by atoms with E-state index in [1.807, 2.05) is 35.9 Å². The Morgan fingerprint density at radius 1 is 0.892 bits per heavy atom. The van der Waals surface area contributed by atoms with Gasteiger partial charge in [0, 0.05) is 38.4 Å². The van der Waals surface area contributed by atoms with Crippen LogP contribution in [0.2, 0.25) is 0 Å². The molecule has 0 bridgehead atoms. The minimum absolute atomic E-state index is 0.122. The smallest absolute Gasteiger partial charge is 0.353 e. The number of aromatic nitrogens is 6. The first-order valence-corrected chi connectivity index (χ1v) is 12.7. The lowest BCUT2D eigenvalue weighted by Gasteiger charge is -2.36. The number of aryl methyl sites for hydroxylation is 2. The van der Waals surface area contributed by atoms with Gasteiger partial charge in [0.15, 0.2) is 11.3 Å². The SMILES string of the molecule is Cc1ccc(N2CCN(CCn3ncc4c3nc(N)n3c(=O)n(Cc5cccc(C)c5)nc43)CC2)cc1. The van der Waals surface area contributed by atoms with Gasteiger partial charge in [-0.3, -0.25) is 4.90 Å². The highest BCUT2D eigenvalue weighted by Gasteiger charge is 2.20. The van der Waals surface area contributed by atoms with Gasteiger partial charge in [-0.2, -0.15) is 10.1 Å². The Morgan fingerprint density at radius 2 is 1.68 bits per heavy atom. The molecule has 0 aliphatic carbocycles. The number of nitrogens with zero attached hydrogens (tertiary/aromatic N) is 8. The molecular formula is C27H31N9O. The predicted molar refractivity (Wildman–Crippen MR) is 145 cm³/mol. The number of nitrogen functional groups attached to an aromatic ring is 1. The van der Waals surface area contributed by atoms with Crippen molar-refractivity contribution >= 4 is 28.3 Å². The average Bonchev–Trinajstić information content (AvgIpc) is 3.44. The summed E-state index contributed by atoms with van der Waals surface area (Å²) in [5.41, 5.74) is 11.8. The quantitative estimate of drug-likeness (QED) is 0.384. The molecule has 4 heterocycles. The molecule has 1 fully saturated rings. The van der Waals surface area contributed by atoms with Crippen molar-refractivity contribution < 1.29 is 0 Å². The molecule has 2 aromatic carbocycles. The number of piperazine rings is 1. The van der Waals surface area contributed by atoms with Crippen LogP contribution >= 0.6 is 0 Å². The van der Waals surface area contributed by atoms with Crippen LogP contribution in [0.15, 0.2) is 59.5 Å². The van der Waals surface area contributed by atoms with E-state index in [-0.39, 0.29) is 11.6 Å². The summed E-state index contributed by atoms with van der Waals surface area (Å²) in [6.07, 6.45) is 1.73. The van der Waals surface area contributed by atoms with Gasteiger partial charge in [-0.15, -0.1) is 5.10 Å². The number of nitrogens with two attached hydrogens (primary N) is 1. The summed E-state index contributed by atoms with van der Waals surface area (Å²) in [5, 5.41) is 9.90. The van der Waals surface area contributed by atoms with E-state index in [0.29, 0.717) is 24.4 Å². The van der Waals surface area contributed by atoms with Crippen LogP contribution in [0.3, 0.4) is 0 Å². The van der Waals surface area contributed by atoms with Crippen LogP contribution in [0.5, 0.6) is 0 Å². The molecule has 0 radical (unpaired) electrons. The second-order valence-corrected chi connectivity index (χ2v) is 9.83. The summed E-state index contributed by atoms with van der Waals surface area (Å²) in [7, 11) is 0. The lowest BCUT2D eigenvalue weighted by atomic mass is 10.1. The van der Waals surface area contributed by atoms with Gasteiger partial charge >= 0.3 is 5.69 Å². The van der Waals surface area contributed by atoms with Crippen LogP contribution in [0, 0.1) is 13.8 Å². The number of anilines is 2. The first-order chi connectivity index (χ1) is 18.0. The number of hydrogen-bond donors (Lipinski definition) is 1. The van der Waals surface area contributed by atoms with Crippen LogP contribution in [-0.4, -0.2) is 66.6 Å². The third-order valence-electron chi connectivity index (χ3n) is 7.16. The van der Waals surface area contributed by atoms with E-state index in [1.165, 1.54) is 20.3 Å². The predicted octanol–water partition coefficient (Wildman–Crippen LogP) is 2.31. The minimum Gasteiger partial charge on any atom is -0.369 e.